The van der Waals surface area contributed by atoms with Crippen molar-refractivity contribution >= 4 is 41.4 Å². The van der Waals surface area contributed by atoms with E-state index in [-0.39, 0.29) is 25.0 Å². The van der Waals surface area contributed by atoms with Crippen LogP contribution < -0.4 is 21.7 Å². The zero-order valence-corrected chi connectivity index (χ0v) is 21.9. The van der Waals surface area contributed by atoms with Gasteiger partial charge in [-0.05, 0) is 36.1 Å². The standard InChI is InChI=1S/C24H32N6O8S/c1-39-7-6-17(22(35)30-19(24(37)38)8-13-2-4-15(31)5-3-13)28-23(36)18(10-20(32)33)29-21(34)16(25)9-14-11-26-12-27-14/h2-5,11-12,16-19,31H,6-10,25H2,1H3,(H,26,27)(H,28,36)(H,29,34)(H,30,35)(H,32,33)(H,37,38). The Kier molecular flexibility index (Phi) is 12.2. The molecule has 0 saturated carbocycles. The predicted molar refractivity (Wildman–Crippen MR) is 141 cm³/mol. The van der Waals surface area contributed by atoms with Crippen LogP contribution in [0.3, 0.4) is 0 Å². The van der Waals surface area contributed by atoms with Crippen LogP contribution in [0.4, 0.5) is 0 Å². The summed E-state index contributed by atoms with van der Waals surface area (Å²) in [6.07, 6.45) is 3.95. The molecule has 0 aliphatic heterocycles. The van der Waals surface area contributed by atoms with Crippen LogP contribution in [0.5, 0.6) is 5.75 Å². The summed E-state index contributed by atoms with van der Waals surface area (Å²) in [5.41, 5.74) is 6.99. The van der Waals surface area contributed by atoms with Gasteiger partial charge in [0.2, 0.25) is 17.7 Å². The highest BCUT2D eigenvalue weighted by atomic mass is 32.2. The molecule has 0 aliphatic carbocycles. The summed E-state index contributed by atoms with van der Waals surface area (Å²) >= 11 is 1.38. The van der Waals surface area contributed by atoms with Crippen molar-refractivity contribution in [2.24, 2.45) is 5.73 Å². The number of H-pyrrole nitrogens is 1. The number of carbonyl (C=O) groups is 5. The Morgan fingerprint density at radius 1 is 0.949 bits per heavy atom. The molecule has 1 aromatic heterocycles. The quantitative estimate of drug-likeness (QED) is 0.123. The summed E-state index contributed by atoms with van der Waals surface area (Å²) in [6, 6.07) is 0.594. The lowest BCUT2D eigenvalue weighted by molar-refractivity contribution is -0.143. The number of benzene rings is 1. The van der Waals surface area contributed by atoms with Gasteiger partial charge in [0.15, 0.2) is 0 Å². The molecule has 3 amide bonds. The fourth-order valence-corrected chi connectivity index (χ4v) is 3.98. The fourth-order valence-electron chi connectivity index (χ4n) is 3.51. The van der Waals surface area contributed by atoms with Gasteiger partial charge in [-0.2, -0.15) is 11.8 Å². The zero-order valence-electron chi connectivity index (χ0n) is 21.1. The third kappa shape index (κ3) is 10.6. The topological polar surface area (TPSA) is 237 Å². The first-order chi connectivity index (χ1) is 18.5. The van der Waals surface area contributed by atoms with Crippen molar-refractivity contribution in [3.8, 4) is 5.75 Å². The van der Waals surface area contributed by atoms with Crippen LogP contribution in [0.2, 0.25) is 0 Å². The number of aromatic nitrogens is 2. The molecule has 212 valence electrons. The molecule has 39 heavy (non-hydrogen) atoms. The Morgan fingerprint density at radius 2 is 1.56 bits per heavy atom. The highest BCUT2D eigenvalue weighted by Gasteiger charge is 2.31. The van der Waals surface area contributed by atoms with Crippen molar-refractivity contribution in [1.29, 1.82) is 0 Å². The zero-order chi connectivity index (χ0) is 28.9. The van der Waals surface area contributed by atoms with E-state index in [1.54, 1.807) is 6.26 Å². The highest BCUT2D eigenvalue weighted by Crippen LogP contribution is 2.12. The Balaban J connectivity index is 2.11. The molecule has 2 rings (SSSR count). The minimum absolute atomic E-state index is 0.000211. The van der Waals surface area contributed by atoms with Crippen molar-refractivity contribution in [2.75, 3.05) is 12.0 Å². The van der Waals surface area contributed by atoms with Crippen LogP contribution in [-0.4, -0.2) is 91.1 Å². The van der Waals surface area contributed by atoms with E-state index in [9.17, 15) is 39.3 Å². The maximum atomic E-state index is 13.0. The van der Waals surface area contributed by atoms with Crippen LogP contribution in [0, 0.1) is 0 Å². The van der Waals surface area contributed by atoms with Gasteiger partial charge in [0.25, 0.3) is 0 Å². The van der Waals surface area contributed by atoms with Crippen LogP contribution in [0.15, 0.2) is 36.8 Å². The van der Waals surface area contributed by atoms with Gasteiger partial charge in [-0.15, -0.1) is 0 Å². The number of phenols is 1. The van der Waals surface area contributed by atoms with E-state index in [4.69, 9.17) is 5.73 Å². The second kappa shape index (κ2) is 15.3. The van der Waals surface area contributed by atoms with Crippen molar-refractivity contribution in [3.05, 3.63) is 48.0 Å². The molecular formula is C24H32N6O8S. The number of carbonyl (C=O) groups excluding carboxylic acids is 3. The Bertz CT molecular complexity index is 1130. The molecule has 1 aromatic carbocycles. The molecule has 9 N–H and O–H groups in total. The van der Waals surface area contributed by atoms with E-state index < -0.39 is 60.2 Å². The molecule has 2 aromatic rings. The number of nitrogens with two attached hydrogens (primary N) is 1. The molecule has 0 aliphatic rings. The van der Waals surface area contributed by atoms with E-state index in [0.29, 0.717) is 17.0 Å². The minimum Gasteiger partial charge on any atom is -0.508 e. The van der Waals surface area contributed by atoms with Crippen LogP contribution in [-0.2, 0) is 36.8 Å². The lowest BCUT2D eigenvalue weighted by Gasteiger charge is -2.24. The molecule has 0 fully saturated rings. The second-order valence-electron chi connectivity index (χ2n) is 8.66. The molecule has 15 heteroatoms. The first-order valence-corrected chi connectivity index (χ1v) is 13.2. The number of carboxylic acid groups (broad SMARTS) is 2. The second-order valence-corrected chi connectivity index (χ2v) is 9.64. The Hall–Kier alpha value is -4.11. The van der Waals surface area contributed by atoms with Crippen molar-refractivity contribution in [3.63, 3.8) is 0 Å². The normalized spacial score (nSPS) is 13.9. The maximum absolute atomic E-state index is 13.0. The summed E-state index contributed by atoms with van der Waals surface area (Å²) in [5.74, 6) is -4.78. The number of aromatic amines is 1. The molecule has 4 atom stereocenters. The summed E-state index contributed by atoms with van der Waals surface area (Å²) < 4.78 is 0. The summed E-state index contributed by atoms with van der Waals surface area (Å²) in [6.45, 7) is 0. The molecule has 4 unspecified atom stereocenters. The number of aromatic hydroxyl groups is 1. The van der Waals surface area contributed by atoms with Crippen molar-refractivity contribution in [2.45, 2.75) is 49.9 Å². The Morgan fingerprint density at radius 3 is 2.13 bits per heavy atom. The third-order valence-electron chi connectivity index (χ3n) is 5.58. The number of nitrogens with zero attached hydrogens (tertiary/aromatic N) is 1. The molecule has 0 spiro atoms. The van der Waals surface area contributed by atoms with Crippen molar-refractivity contribution in [1.82, 2.24) is 25.9 Å². The lowest BCUT2D eigenvalue weighted by Crippen LogP contribution is -2.58. The first kappa shape index (κ1) is 31.1. The van der Waals surface area contributed by atoms with Gasteiger partial charge in [-0.25, -0.2) is 9.78 Å². The number of rotatable bonds is 16. The molecule has 0 bridgehead atoms. The number of amides is 3. The van der Waals surface area contributed by atoms with Gasteiger partial charge in [-0.3, -0.25) is 19.2 Å². The molecule has 14 nitrogen and oxygen atoms in total. The number of nitrogens with one attached hydrogen (secondary N) is 4. The van der Waals surface area contributed by atoms with Gasteiger partial charge in [0, 0.05) is 24.7 Å². The Labute approximate surface area is 228 Å². The number of carboxylic acids is 2. The SMILES string of the molecule is CSCCC(NC(=O)C(CC(=O)O)NC(=O)C(N)Cc1cnc[nH]1)C(=O)NC(Cc1ccc(O)cc1)C(=O)O. The van der Waals surface area contributed by atoms with E-state index in [1.165, 1.54) is 48.6 Å². The average molecular weight is 565 g/mol. The van der Waals surface area contributed by atoms with Crippen LogP contribution >= 0.6 is 11.8 Å². The molecule has 0 radical (unpaired) electrons. The molecule has 1 heterocycles. The van der Waals surface area contributed by atoms with Gasteiger partial charge in [0.05, 0.1) is 18.8 Å². The number of hydrogen-bond donors (Lipinski definition) is 8. The number of thioether (sulfide) groups is 1. The van der Waals surface area contributed by atoms with E-state index in [0.717, 1.165) is 0 Å². The number of hydrogen-bond acceptors (Lipinski definition) is 9. The van der Waals surface area contributed by atoms with Crippen LogP contribution in [0.1, 0.15) is 24.1 Å². The number of phenolic OH excluding ortho intramolecular Hbond substituents is 1. The average Bonchev–Trinajstić information content (AvgIpc) is 3.39. The number of imidazole rings is 1. The van der Waals surface area contributed by atoms with E-state index in [2.05, 4.69) is 25.9 Å². The molecular weight excluding hydrogens is 532 g/mol. The van der Waals surface area contributed by atoms with Gasteiger partial charge < -0.3 is 42.0 Å². The predicted octanol–water partition coefficient (Wildman–Crippen LogP) is -1.01. The summed E-state index contributed by atoms with van der Waals surface area (Å²) in [4.78, 5) is 68.4. The smallest absolute Gasteiger partial charge is 0.326 e. The lowest BCUT2D eigenvalue weighted by atomic mass is 10.0. The monoisotopic (exact) mass is 564 g/mol. The van der Waals surface area contributed by atoms with Gasteiger partial charge in [0.1, 0.15) is 23.9 Å². The van der Waals surface area contributed by atoms with Gasteiger partial charge in [-0.1, -0.05) is 12.1 Å². The third-order valence-corrected chi connectivity index (χ3v) is 6.22. The number of aliphatic carboxylic acids is 2. The fraction of sp³-hybridized carbons (Fsp3) is 0.417. The van der Waals surface area contributed by atoms with E-state index >= 15 is 0 Å². The van der Waals surface area contributed by atoms with E-state index in [1.807, 2.05) is 0 Å². The summed E-state index contributed by atoms with van der Waals surface area (Å²) in [5, 5.41) is 35.5. The highest BCUT2D eigenvalue weighted by molar-refractivity contribution is 7.98. The minimum atomic E-state index is -1.54. The van der Waals surface area contributed by atoms with Gasteiger partial charge >= 0.3 is 11.9 Å². The van der Waals surface area contributed by atoms with Crippen molar-refractivity contribution < 1.29 is 39.3 Å². The van der Waals surface area contributed by atoms with Crippen LogP contribution in [0.25, 0.3) is 0 Å². The largest absolute Gasteiger partial charge is 0.508 e. The summed E-state index contributed by atoms with van der Waals surface area (Å²) in [7, 11) is 0. The maximum Gasteiger partial charge on any atom is 0.326 e. The molecule has 0 saturated heterocycles. The first-order valence-electron chi connectivity index (χ1n) is 11.9.